The van der Waals surface area contributed by atoms with E-state index in [9.17, 15) is 9.59 Å². The fourth-order valence-corrected chi connectivity index (χ4v) is 5.26. The third-order valence-electron chi connectivity index (χ3n) is 6.86. The molecule has 3 aliphatic rings. The lowest BCUT2D eigenvalue weighted by molar-refractivity contribution is -0.123. The second-order valence-electron chi connectivity index (χ2n) is 8.64. The van der Waals surface area contributed by atoms with Crippen LogP contribution in [0, 0.1) is 0 Å². The van der Waals surface area contributed by atoms with Crippen LogP contribution in [-0.2, 0) is 15.0 Å². The number of nitrogens with one attached hydrogen (secondary N) is 3. The number of para-hydroxylation sites is 1. The van der Waals surface area contributed by atoms with E-state index in [1.807, 2.05) is 18.2 Å². The summed E-state index contributed by atoms with van der Waals surface area (Å²) in [6, 6.07) is 17.0. The van der Waals surface area contributed by atoms with Gasteiger partial charge in [-0.3, -0.25) is 9.59 Å². The number of hydrogen-bond donors (Lipinski definition) is 3. The van der Waals surface area contributed by atoms with E-state index >= 15 is 0 Å². The van der Waals surface area contributed by atoms with Crippen LogP contribution in [0.2, 0.25) is 0 Å². The van der Waals surface area contributed by atoms with Crippen molar-refractivity contribution >= 4 is 23.2 Å². The van der Waals surface area contributed by atoms with Crippen LogP contribution in [0.5, 0.6) is 0 Å². The molecule has 2 heterocycles. The Balaban J connectivity index is 1.26. The molecule has 2 aliphatic heterocycles. The third-order valence-corrected chi connectivity index (χ3v) is 6.86. The first-order valence-electron chi connectivity index (χ1n) is 10.7. The molecule has 2 fully saturated rings. The van der Waals surface area contributed by atoms with Gasteiger partial charge in [-0.25, -0.2) is 0 Å². The first kappa shape index (κ1) is 18.2. The standard InChI is InChI=1S/C24H27N3O2/c28-22-10-4-9-20(26-22)16-5-3-6-18(15-16)25-17-11-13-24(14-12-17)19-7-1-2-8-21(19)27-23(24)29/h1-3,5-8,15,17,20,25H,4,9-14H2,(H,26,28)(H,27,29). The molecule has 0 radical (unpaired) electrons. The predicted molar refractivity (Wildman–Crippen MR) is 114 cm³/mol. The van der Waals surface area contributed by atoms with E-state index < -0.39 is 0 Å². The zero-order chi connectivity index (χ0) is 19.8. The van der Waals surface area contributed by atoms with Crippen molar-refractivity contribution in [1.82, 2.24) is 5.32 Å². The lowest BCUT2D eigenvalue weighted by Crippen LogP contribution is -2.41. The first-order valence-corrected chi connectivity index (χ1v) is 10.7. The van der Waals surface area contributed by atoms with Crippen LogP contribution < -0.4 is 16.0 Å². The van der Waals surface area contributed by atoms with Crippen molar-refractivity contribution in [3.63, 3.8) is 0 Å². The molecular formula is C24H27N3O2. The van der Waals surface area contributed by atoms with Crippen molar-refractivity contribution in [3.05, 3.63) is 59.7 Å². The lowest BCUT2D eigenvalue weighted by Gasteiger charge is -2.36. The number of carbonyl (C=O) groups is 2. The smallest absolute Gasteiger partial charge is 0.235 e. The Kier molecular flexibility index (Phi) is 4.53. The van der Waals surface area contributed by atoms with Crippen molar-refractivity contribution in [2.75, 3.05) is 10.6 Å². The molecule has 1 saturated heterocycles. The Bertz CT molecular complexity index is 947. The molecule has 29 heavy (non-hydrogen) atoms. The van der Waals surface area contributed by atoms with Crippen molar-refractivity contribution in [1.29, 1.82) is 0 Å². The Morgan fingerprint density at radius 2 is 1.79 bits per heavy atom. The van der Waals surface area contributed by atoms with E-state index in [1.54, 1.807) is 0 Å². The number of benzene rings is 2. The molecule has 1 saturated carbocycles. The quantitative estimate of drug-likeness (QED) is 0.734. The maximum atomic E-state index is 12.8. The van der Waals surface area contributed by atoms with Crippen LogP contribution in [0.4, 0.5) is 11.4 Å². The van der Waals surface area contributed by atoms with Gasteiger partial charge in [0.2, 0.25) is 11.8 Å². The third kappa shape index (κ3) is 3.28. The largest absolute Gasteiger partial charge is 0.382 e. The van der Waals surface area contributed by atoms with Gasteiger partial charge in [-0.15, -0.1) is 0 Å². The van der Waals surface area contributed by atoms with Gasteiger partial charge in [-0.05, 0) is 67.9 Å². The number of amides is 2. The summed E-state index contributed by atoms with van der Waals surface area (Å²) in [4.78, 5) is 24.5. The molecule has 5 heteroatoms. The van der Waals surface area contributed by atoms with Gasteiger partial charge >= 0.3 is 0 Å². The molecule has 1 atom stereocenters. The summed E-state index contributed by atoms with van der Waals surface area (Å²) < 4.78 is 0. The SMILES string of the molecule is O=C1CCCC(c2cccc(NC3CCC4(CC3)C(=O)Nc3ccccc34)c2)N1. The van der Waals surface area contributed by atoms with Gasteiger partial charge in [0.1, 0.15) is 0 Å². The van der Waals surface area contributed by atoms with E-state index in [0.717, 1.165) is 49.9 Å². The van der Waals surface area contributed by atoms with E-state index in [0.29, 0.717) is 12.5 Å². The molecule has 2 aromatic carbocycles. The molecule has 0 aromatic heterocycles. The van der Waals surface area contributed by atoms with Crippen molar-refractivity contribution in [2.24, 2.45) is 0 Å². The number of rotatable bonds is 3. The van der Waals surface area contributed by atoms with Crippen molar-refractivity contribution in [3.8, 4) is 0 Å². The van der Waals surface area contributed by atoms with E-state index in [1.165, 1.54) is 11.1 Å². The zero-order valence-corrected chi connectivity index (χ0v) is 16.5. The average Bonchev–Trinajstić information content (AvgIpc) is 3.01. The molecule has 1 unspecified atom stereocenters. The van der Waals surface area contributed by atoms with Crippen LogP contribution in [0.1, 0.15) is 62.1 Å². The van der Waals surface area contributed by atoms with Crippen LogP contribution >= 0.6 is 0 Å². The lowest BCUT2D eigenvalue weighted by atomic mass is 9.69. The highest BCUT2D eigenvalue weighted by atomic mass is 16.2. The normalized spacial score (nSPS) is 28.6. The molecule has 2 amide bonds. The number of fused-ring (bicyclic) bond motifs is 2. The van der Waals surface area contributed by atoms with Gasteiger partial charge in [0, 0.05) is 23.8 Å². The van der Waals surface area contributed by atoms with Crippen LogP contribution in [-0.4, -0.2) is 17.9 Å². The average molecular weight is 389 g/mol. The van der Waals surface area contributed by atoms with Gasteiger partial charge in [-0.2, -0.15) is 0 Å². The molecular weight excluding hydrogens is 362 g/mol. The number of carbonyl (C=O) groups excluding carboxylic acids is 2. The van der Waals surface area contributed by atoms with E-state index in [2.05, 4.69) is 46.3 Å². The molecule has 5 nitrogen and oxygen atoms in total. The molecule has 0 bridgehead atoms. The van der Waals surface area contributed by atoms with Gasteiger partial charge < -0.3 is 16.0 Å². The minimum atomic E-state index is -0.358. The molecule has 3 N–H and O–H groups in total. The fraction of sp³-hybridized carbons (Fsp3) is 0.417. The summed E-state index contributed by atoms with van der Waals surface area (Å²) in [6.45, 7) is 0. The van der Waals surface area contributed by atoms with E-state index in [-0.39, 0.29) is 23.3 Å². The Labute approximate surface area is 171 Å². The monoisotopic (exact) mass is 389 g/mol. The molecule has 5 rings (SSSR count). The highest BCUT2D eigenvalue weighted by Gasteiger charge is 2.48. The number of hydrogen-bond acceptors (Lipinski definition) is 3. The summed E-state index contributed by atoms with van der Waals surface area (Å²) in [5.74, 6) is 0.305. The second-order valence-corrected chi connectivity index (χ2v) is 8.64. The maximum Gasteiger partial charge on any atom is 0.235 e. The molecule has 2 aromatic rings. The summed E-state index contributed by atoms with van der Waals surface area (Å²) >= 11 is 0. The molecule has 1 aliphatic carbocycles. The second kappa shape index (κ2) is 7.21. The number of piperidine rings is 1. The summed E-state index contributed by atoms with van der Waals surface area (Å²) in [7, 11) is 0. The predicted octanol–water partition coefficient (Wildman–Crippen LogP) is 4.27. The summed E-state index contributed by atoms with van der Waals surface area (Å²) in [6.07, 6.45) is 6.24. The van der Waals surface area contributed by atoms with E-state index in [4.69, 9.17) is 0 Å². The van der Waals surface area contributed by atoms with Crippen molar-refractivity contribution < 1.29 is 9.59 Å². The Morgan fingerprint density at radius 1 is 0.966 bits per heavy atom. The van der Waals surface area contributed by atoms with Gasteiger partial charge in [0.05, 0.1) is 11.5 Å². The first-order chi connectivity index (χ1) is 14.1. The van der Waals surface area contributed by atoms with Crippen LogP contribution in [0.15, 0.2) is 48.5 Å². The molecule has 150 valence electrons. The van der Waals surface area contributed by atoms with Crippen LogP contribution in [0.25, 0.3) is 0 Å². The minimum Gasteiger partial charge on any atom is -0.382 e. The minimum absolute atomic E-state index is 0.117. The van der Waals surface area contributed by atoms with Gasteiger partial charge in [0.25, 0.3) is 0 Å². The van der Waals surface area contributed by atoms with Crippen molar-refractivity contribution in [2.45, 2.75) is 62.4 Å². The highest BCUT2D eigenvalue weighted by molar-refractivity contribution is 6.06. The van der Waals surface area contributed by atoms with Crippen LogP contribution in [0.3, 0.4) is 0 Å². The topological polar surface area (TPSA) is 70.2 Å². The Hall–Kier alpha value is -2.82. The Morgan fingerprint density at radius 3 is 2.62 bits per heavy atom. The highest BCUT2D eigenvalue weighted by Crippen LogP contribution is 2.47. The summed E-state index contributed by atoms with van der Waals surface area (Å²) in [5.41, 5.74) is 4.05. The fourth-order valence-electron chi connectivity index (χ4n) is 5.26. The maximum absolute atomic E-state index is 12.8. The number of anilines is 2. The summed E-state index contributed by atoms with van der Waals surface area (Å²) in [5, 5.41) is 9.85. The van der Waals surface area contributed by atoms with Gasteiger partial charge in [-0.1, -0.05) is 30.3 Å². The van der Waals surface area contributed by atoms with Gasteiger partial charge in [0.15, 0.2) is 0 Å². The zero-order valence-electron chi connectivity index (χ0n) is 16.5. The molecule has 1 spiro atoms.